The Morgan fingerprint density at radius 2 is 2.25 bits per heavy atom. The minimum Gasteiger partial charge on any atom is -0.385 e. The monoisotopic (exact) mass is 288 g/mol. The summed E-state index contributed by atoms with van der Waals surface area (Å²) in [5.74, 6) is -0.663. The van der Waals surface area contributed by atoms with Crippen molar-refractivity contribution >= 4 is 21.7 Å². The summed E-state index contributed by atoms with van der Waals surface area (Å²) in [4.78, 5) is 11.6. The zero-order valence-electron chi connectivity index (χ0n) is 9.04. The van der Waals surface area contributed by atoms with Gasteiger partial charge in [-0.2, -0.15) is 0 Å². The molecular formula is C12H14BrFO2. The van der Waals surface area contributed by atoms with E-state index in [2.05, 4.69) is 15.9 Å². The zero-order valence-corrected chi connectivity index (χ0v) is 10.6. The molecule has 0 spiro atoms. The van der Waals surface area contributed by atoms with E-state index in [-0.39, 0.29) is 12.2 Å². The Labute approximate surface area is 103 Å². The van der Waals surface area contributed by atoms with Crippen LogP contribution in [-0.4, -0.2) is 17.0 Å². The molecule has 0 aromatic heterocycles. The topological polar surface area (TPSA) is 37.3 Å². The van der Waals surface area contributed by atoms with Crippen LogP contribution < -0.4 is 0 Å². The van der Waals surface area contributed by atoms with Crippen LogP contribution in [-0.2, 0) is 11.2 Å². The molecule has 1 aromatic rings. The van der Waals surface area contributed by atoms with Crippen molar-refractivity contribution in [2.75, 3.05) is 0 Å². The number of hydrogen-bond acceptors (Lipinski definition) is 2. The average Bonchev–Trinajstić information content (AvgIpc) is 2.25. The van der Waals surface area contributed by atoms with Crippen LogP contribution in [0.5, 0.6) is 0 Å². The number of Topliss-reactive ketones (excluding diaryl/α,β-unsaturated/α-hetero) is 1. The van der Waals surface area contributed by atoms with Crippen molar-refractivity contribution < 1.29 is 14.3 Å². The highest BCUT2D eigenvalue weighted by atomic mass is 79.9. The first-order valence-electron chi connectivity index (χ1n) is 5.20. The Balaban J connectivity index is 2.73. The molecule has 1 unspecified atom stereocenters. The van der Waals surface area contributed by atoms with Crippen LogP contribution in [0.15, 0.2) is 22.7 Å². The molecular weight excluding hydrogens is 275 g/mol. The van der Waals surface area contributed by atoms with Crippen LogP contribution in [0.25, 0.3) is 0 Å². The van der Waals surface area contributed by atoms with E-state index in [1.54, 1.807) is 12.1 Å². The van der Waals surface area contributed by atoms with E-state index in [0.717, 1.165) is 6.42 Å². The molecule has 0 radical (unpaired) electrons. The maximum atomic E-state index is 13.2. The van der Waals surface area contributed by atoms with Crippen LogP contribution in [0.1, 0.15) is 25.3 Å². The highest BCUT2D eigenvalue weighted by Crippen LogP contribution is 2.21. The second-order valence-electron chi connectivity index (χ2n) is 3.66. The Bertz CT molecular complexity index is 379. The first kappa shape index (κ1) is 13.3. The Morgan fingerprint density at radius 1 is 1.56 bits per heavy atom. The largest absolute Gasteiger partial charge is 0.385 e. The van der Waals surface area contributed by atoms with Gasteiger partial charge in [0.15, 0.2) is 5.78 Å². The smallest absolute Gasteiger partial charge is 0.165 e. The predicted molar refractivity (Wildman–Crippen MR) is 63.7 cm³/mol. The van der Waals surface area contributed by atoms with Crippen molar-refractivity contribution in [3.05, 3.63) is 34.1 Å². The van der Waals surface area contributed by atoms with Crippen molar-refractivity contribution in [3.8, 4) is 0 Å². The standard InChI is InChI=1S/C12H14BrFO2/c1-2-4-10(15)11(16)7-8-5-3-6-9(14)12(8)13/h3,5-6,10,15H,2,4,7H2,1H3. The average molecular weight is 289 g/mol. The highest BCUT2D eigenvalue weighted by molar-refractivity contribution is 9.10. The fourth-order valence-corrected chi connectivity index (χ4v) is 1.83. The van der Waals surface area contributed by atoms with Gasteiger partial charge in [-0.1, -0.05) is 25.5 Å². The number of aliphatic hydroxyl groups is 1. The molecule has 16 heavy (non-hydrogen) atoms. The first-order chi connectivity index (χ1) is 7.56. The molecule has 1 aromatic carbocycles. The number of aliphatic hydroxyl groups excluding tert-OH is 1. The van der Waals surface area contributed by atoms with E-state index in [0.29, 0.717) is 16.5 Å². The van der Waals surface area contributed by atoms with Gasteiger partial charge in [0.05, 0.1) is 4.47 Å². The van der Waals surface area contributed by atoms with Crippen molar-refractivity contribution in [2.45, 2.75) is 32.3 Å². The van der Waals surface area contributed by atoms with E-state index < -0.39 is 11.9 Å². The number of benzene rings is 1. The summed E-state index contributed by atoms with van der Waals surface area (Å²) in [6.07, 6.45) is 0.308. The summed E-state index contributed by atoms with van der Waals surface area (Å²) >= 11 is 3.09. The van der Waals surface area contributed by atoms with Gasteiger partial charge in [0.2, 0.25) is 0 Å². The summed E-state index contributed by atoms with van der Waals surface area (Å²) in [6, 6.07) is 4.54. The summed E-state index contributed by atoms with van der Waals surface area (Å²) in [5.41, 5.74) is 0.570. The molecule has 0 fully saturated rings. The van der Waals surface area contributed by atoms with Crippen LogP contribution in [0.3, 0.4) is 0 Å². The third-order valence-corrected chi connectivity index (χ3v) is 3.22. The second kappa shape index (κ2) is 6.11. The minimum atomic E-state index is -0.944. The molecule has 0 aliphatic carbocycles. The Hall–Kier alpha value is -0.740. The van der Waals surface area contributed by atoms with Gasteiger partial charge >= 0.3 is 0 Å². The number of carbonyl (C=O) groups is 1. The number of hydrogen-bond donors (Lipinski definition) is 1. The van der Waals surface area contributed by atoms with Gasteiger partial charge in [-0.05, 0) is 34.0 Å². The fourth-order valence-electron chi connectivity index (χ4n) is 1.42. The zero-order chi connectivity index (χ0) is 12.1. The number of carbonyl (C=O) groups excluding carboxylic acids is 1. The van der Waals surface area contributed by atoms with E-state index in [9.17, 15) is 14.3 Å². The molecule has 4 heteroatoms. The van der Waals surface area contributed by atoms with Crippen LogP contribution in [0, 0.1) is 5.82 Å². The van der Waals surface area contributed by atoms with Gasteiger partial charge < -0.3 is 5.11 Å². The van der Waals surface area contributed by atoms with Gasteiger partial charge in [0.25, 0.3) is 0 Å². The van der Waals surface area contributed by atoms with Crippen molar-refractivity contribution in [1.29, 1.82) is 0 Å². The van der Waals surface area contributed by atoms with Gasteiger partial charge in [0.1, 0.15) is 11.9 Å². The lowest BCUT2D eigenvalue weighted by Gasteiger charge is -2.09. The molecule has 1 N–H and O–H groups in total. The normalized spacial score (nSPS) is 12.5. The van der Waals surface area contributed by atoms with Gasteiger partial charge in [0, 0.05) is 6.42 Å². The first-order valence-corrected chi connectivity index (χ1v) is 5.99. The van der Waals surface area contributed by atoms with E-state index in [1.165, 1.54) is 6.07 Å². The maximum absolute atomic E-state index is 13.2. The summed E-state index contributed by atoms with van der Waals surface area (Å²) in [7, 11) is 0. The molecule has 2 nitrogen and oxygen atoms in total. The summed E-state index contributed by atoms with van der Waals surface area (Å²) in [5, 5.41) is 9.48. The molecule has 0 bridgehead atoms. The lowest BCUT2D eigenvalue weighted by atomic mass is 10.0. The van der Waals surface area contributed by atoms with Gasteiger partial charge in [-0.25, -0.2) is 4.39 Å². The SMILES string of the molecule is CCCC(O)C(=O)Cc1cccc(F)c1Br. The molecule has 1 rings (SSSR count). The maximum Gasteiger partial charge on any atom is 0.165 e. The predicted octanol–water partition coefficient (Wildman–Crippen LogP) is 2.86. The number of ketones is 1. The molecule has 0 heterocycles. The molecule has 88 valence electrons. The van der Waals surface area contributed by atoms with Crippen LogP contribution in [0.2, 0.25) is 0 Å². The lowest BCUT2D eigenvalue weighted by Crippen LogP contribution is -2.22. The van der Waals surface area contributed by atoms with Gasteiger partial charge in [-0.3, -0.25) is 4.79 Å². The van der Waals surface area contributed by atoms with Crippen molar-refractivity contribution in [1.82, 2.24) is 0 Å². The van der Waals surface area contributed by atoms with E-state index in [4.69, 9.17) is 0 Å². The Kier molecular flexibility index (Phi) is 5.09. The summed E-state index contributed by atoms with van der Waals surface area (Å²) in [6.45, 7) is 1.90. The summed E-state index contributed by atoms with van der Waals surface area (Å²) < 4.78 is 13.5. The number of halogens is 2. The molecule has 0 aliphatic rings. The number of rotatable bonds is 5. The molecule has 1 atom stereocenters. The van der Waals surface area contributed by atoms with E-state index >= 15 is 0 Å². The molecule has 0 saturated heterocycles. The molecule has 0 saturated carbocycles. The fraction of sp³-hybridized carbons (Fsp3) is 0.417. The lowest BCUT2D eigenvalue weighted by molar-refractivity contribution is -0.126. The quantitative estimate of drug-likeness (QED) is 0.905. The third-order valence-electron chi connectivity index (χ3n) is 2.33. The molecule has 0 amide bonds. The van der Waals surface area contributed by atoms with E-state index in [1.807, 2.05) is 6.92 Å². The van der Waals surface area contributed by atoms with Crippen molar-refractivity contribution in [3.63, 3.8) is 0 Å². The van der Waals surface area contributed by atoms with Gasteiger partial charge in [-0.15, -0.1) is 0 Å². The van der Waals surface area contributed by atoms with Crippen molar-refractivity contribution in [2.24, 2.45) is 0 Å². The third kappa shape index (κ3) is 3.39. The highest BCUT2D eigenvalue weighted by Gasteiger charge is 2.16. The molecule has 0 aliphatic heterocycles. The van der Waals surface area contributed by atoms with Crippen LogP contribution in [0.4, 0.5) is 4.39 Å². The minimum absolute atomic E-state index is 0.0551. The Morgan fingerprint density at radius 3 is 2.88 bits per heavy atom. The second-order valence-corrected chi connectivity index (χ2v) is 4.45. The van der Waals surface area contributed by atoms with Crippen LogP contribution >= 0.6 is 15.9 Å².